The molecule has 144 valence electrons. The number of thiophene rings is 1. The van der Waals surface area contributed by atoms with Gasteiger partial charge in [0.2, 0.25) is 5.91 Å². The highest BCUT2D eigenvalue weighted by atomic mass is 35.5. The van der Waals surface area contributed by atoms with E-state index in [2.05, 4.69) is 51.3 Å². The van der Waals surface area contributed by atoms with Gasteiger partial charge in [-0.15, -0.1) is 0 Å². The van der Waals surface area contributed by atoms with Crippen molar-refractivity contribution < 1.29 is 4.79 Å². The molecule has 1 aliphatic heterocycles. The van der Waals surface area contributed by atoms with Crippen LogP contribution in [0.4, 0.5) is 0 Å². The summed E-state index contributed by atoms with van der Waals surface area (Å²) < 4.78 is 0. The fourth-order valence-corrected chi connectivity index (χ4v) is 4.57. The topological polar surface area (TPSA) is 32.3 Å². The van der Waals surface area contributed by atoms with Gasteiger partial charge < -0.3 is 5.32 Å². The molecule has 5 heteroatoms. The van der Waals surface area contributed by atoms with E-state index in [1.165, 1.54) is 16.7 Å². The summed E-state index contributed by atoms with van der Waals surface area (Å²) in [6, 6.07) is 18.7. The molecule has 28 heavy (non-hydrogen) atoms. The molecular weight excluding hydrogens is 388 g/mol. The van der Waals surface area contributed by atoms with E-state index < -0.39 is 0 Å². The van der Waals surface area contributed by atoms with Gasteiger partial charge >= 0.3 is 0 Å². The molecule has 2 aromatic carbocycles. The summed E-state index contributed by atoms with van der Waals surface area (Å²) in [5.74, 6) is 0.0641. The monoisotopic (exact) mass is 410 g/mol. The van der Waals surface area contributed by atoms with E-state index >= 15 is 0 Å². The lowest BCUT2D eigenvalue weighted by molar-refractivity contribution is -0.121. The number of likely N-dealkylation sites (tertiary alicyclic amines) is 1. The average Bonchev–Trinajstić information content (AvgIpc) is 3.35. The number of nitrogens with one attached hydrogen (secondary N) is 1. The molecule has 1 aromatic heterocycles. The molecule has 0 aliphatic carbocycles. The van der Waals surface area contributed by atoms with E-state index in [4.69, 9.17) is 11.6 Å². The zero-order valence-corrected chi connectivity index (χ0v) is 17.2. The molecule has 1 amide bonds. The second kappa shape index (κ2) is 8.91. The van der Waals surface area contributed by atoms with Crippen LogP contribution in [0.3, 0.4) is 0 Å². The van der Waals surface area contributed by atoms with Crippen LogP contribution >= 0.6 is 22.9 Å². The van der Waals surface area contributed by atoms with Crippen LogP contribution in [0.1, 0.15) is 17.5 Å². The average molecular weight is 411 g/mol. The molecule has 1 N–H and O–H groups in total. The normalized spacial score (nSPS) is 17.0. The fraction of sp³-hybridized carbons (Fsp3) is 0.261. The van der Waals surface area contributed by atoms with Crippen molar-refractivity contribution in [3.63, 3.8) is 0 Å². The number of halogens is 1. The first-order valence-corrected chi connectivity index (χ1v) is 10.9. The quantitative estimate of drug-likeness (QED) is 0.620. The molecule has 1 saturated heterocycles. The van der Waals surface area contributed by atoms with E-state index in [1.807, 2.05) is 24.3 Å². The van der Waals surface area contributed by atoms with Gasteiger partial charge in [-0.1, -0.05) is 48.0 Å². The Morgan fingerprint density at radius 2 is 1.96 bits per heavy atom. The Balaban J connectivity index is 1.26. The highest BCUT2D eigenvalue weighted by molar-refractivity contribution is 7.08. The molecule has 4 rings (SSSR count). The van der Waals surface area contributed by atoms with Gasteiger partial charge in [-0.2, -0.15) is 11.3 Å². The molecule has 2 heterocycles. The molecule has 3 aromatic rings. The molecule has 0 spiro atoms. The predicted molar refractivity (Wildman–Crippen MR) is 117 cm³/mol. The van der Waals surface area contributed by atoms with Crippen molar-refractivity contribution in [2.75, 3.05) is 13.1 Å². The number of nitrogens with zero attached hydrogens (tertiary/aromatic N) is 1. The van der Waals surface area contributed by atoms with Crippen molar-refractivity contribution in [2.24, 2.45) is 0 Å². The minimum atomic E-state index is 0.0641. The first kappa shape index (κ1) is 19.2. The molecule has 1 unspecified atom stereocenters. The minimum Gasteiger partial charge on any atom is -0.352 e. The smallest absolute Gasteiger partial charge is 0.224 e. The second-order valence-electron chi connectivity index (χ2n) is 7.30. The van der Waals surface area contributed by atoms with Crippen LogP contribution in [0.25, 0.3) is 11.1 Å². The number of amides is 1. The van der Waals surface area contributed by atoms with Crippen molar-refractivity contribution in [1.82, 2.24) is 10.2 Å². The third-order valence-corrected chi connectivity index (χ3v) is 6.02. The number of hydrogen-bond donors (Lipinski definition) is 1. The lowest BCUT2D eigenvalue weighted by Crippen LogP contribution is -2.37. The maximum atomic E-state index is 12.3. The van der Waals surface area contributed by atoms with E-state index in [9.17, 15) is 4.79 Å². The summed E-state index contributed by atoms with van der Waals surface area (Å²) in [4.78, 5) is 14.7. The summed E-state index contributed by atoms with van der Waals surface area (Å²) in [6.45, 7) is 2.83. The Morgan fingerprint density at radius 1 is 1.11 bits per heavy atom. The van der Waals surface area contributed by atoms with Crippen molar-refractivity contribution in [3.8, 4) is 11.1 Å². The van der Waals surface area contributed by atoms with E-state index in [0.29, 0.717) is 11.4 Å². The largest absolute Gasteiger partial charge is 0.352 e. The Labute approximate surface area is 175 Å². The van der Waals surface area contributed by atoms with Gasteiger partial charge in [-0.3, -0.25) is 9.69 Å². The molecule has 0 bridgehead atoms. The standard InChI is InChI=1S/C23H23ClN2OS/c24-21-3-1-2-18(12-21)13-23(27)25-22-8-10-26(15-22)14-17-4-6-19(7-5-17)20-9-11-28-16-20/h1-7,9,11-12,16,22H,8,10,13-15H2,(H,25,27). The number of rotatable bonds is 6. The van der Waals surface area contributed by atoms with Crippen LogP contribution in [0.5, 0.6) is 0 Å². The summed E-state index contributed by atoms with van der Waals surface area (Å²) >= 11 is 7.72. The highest BCUT2D eigenvalue weighted by Crippen LogP contribution is 2.23. The first-order chi connectivity index (χ1) is 13.7. The first-order valence-electron chi connectivity index (χ1n) is 9.53. The van der Waals surface area contributed by atoms with Crippen molar-refractivity contribution in [2.45, 2.75) is 25.4 Å². The SMILES string of the molecule is O=C(Cc1cccc(Cl)c1)NC1CCN(Cc2ccc(-c3ccsc3)cc2)C1. The van der Waals surface area contributed by atoms with E-state index in [1.54, 1.807) is 11.3 Å². The van der Waals surface area contributed by atoms with Gasteiger partial charge in [0.1, 0.15) is 0 Å². The molecule has 1 atom stereocenters. The maximum Gasteiger partial charge on any atom is 0.224 e. The second-order valence-corrected chi connectivity index (χ2v) is 8.52. The Morgan fingerprint density at radius 3 is 2.71 bits per heavy atom. The number of carbonyl (C=O) groups excluding carboxylic acids is 1. The highest BCUT2D eigenvalue weighted by Gasteiger charge is 2.23. The van der Waals surface area contributed by atoms with Crippen LogP contribution < -0.4 is 5.32 Å². The maximum absolute atomic E-state index is 12.3. The summed E-state index contributed by atoms with van der Waals surface area (Å²) in [6.07, 6.45) is 1.37. The molecule has 0 saturated carbocycles. The van der Waals surface area contributed by atoms with Crippen LogP contribution in [0.15, 0.2) is 65.4 Å². The van der Waals surface area contributed by atoms with Crippen molar-refractivity contribution in [3.05, 3.63) is 81.5 Å². The summed E-state index contributed by atoms with van der Waals surface area (Å²) in [5, 5.41) is 8.11. The van der Waals surface area contributed by atoms with Crippen LogP contribution in [-0.2, 0) is 17.8 Å². The Hall–Kier alpha value is -2.14. The Kier molecular flexibility index (Phi) is 6.10. The number of hydrogen-bond acceptors (Lipinski definition) is 3. The van der Waals surface area contributed by atoms with Crippen LogP contribution in [-0.4, -0.2) is 29.9 Å². The lowest BCUT2D eigenvalue weighted by atomic mass is 10.1. The predicted octanol–water partition coefficient (Wildman–Crippen LogP) is 5.00. The number of carbonyl (C=O) groups is 1. The van der Waals surface area contributed by atoms with Gasteiger partial charge in [-0.05, 0) is 57.6 Å². The molecule has 1 fully saturated rings. The third-order valence-electron chi connectivity index (χ3n) is 5.11. The van der Waals surface area contributed by atoms with Gasteiger partial charge in [0, 0.05) is 30.7 Å². The molecule has 3 nitrogen and oxygen atoms in total. The van der Waals surface area contributed by atoms with E-state index in [0.717, 1.165) is 31.6 Å². The molecular formula is C23H23ClN2OS. The summed E-state index contributed by atoms with van der Waals surface area (Å²) in [7, 11) is 0. The Bertz CT molecular complexity index is 924. The third kappa shape index (κ3) is 5.02. The summed E-state index contributed by atoms with van der Waals surface area (Å²) in [5.41, 5.74) is 4.80. The molecule has 1 aliphatic rings. The number of benzene rings is 2. The van der Waals surface area contributed by atoms with Gasteiger partial charge in [0.25, 0.3) is 0 Å². The zero-order chi connectivity index (χ0) is 19.3. The van der Waals surface area contributed by atoms with Crippen LogP contribution in [0, 0.1) is 0 Å². The van der Waals surface area contributed by atoms with Crippen molar-refractivity contribution in [1.29, 1.82) is 0 Å². The fourth-order valence-electron chi connectivity index (χ4n) is 3.69. The van der Waals surface area contributed by atoms with Crippen molar-refractivity contribution >= 4 is 28.8 Å². The van der Waals surface area contributed by atoms with Gasteiger partial charge in [-0.25, -0.2) is 0 Å². The molecule has 0 radical (unpaired) electrons. The minimum absolute atomic E-state index is 0.0641. The van der Waals surface area contributed by atoms with Crippen LogP contribution in [0.2, 0.25) is 5.02 Å². The lowest BCUT2D eigenvalue weighted by Gasteiger charge is -2.17. The van der Waals surface area contributed by atoms with Gasteiger partial charge in [0.15, 0.2) is 0 Å². The zero-order valence-electron chi connectivity index (χ0n) is 15.6. The van der Waals surface area contributed by atoms with Gasteiger partial charge in [0.05, 0.1) is 6.42 Å². The van der Waals surface area contributed by atoms with E-state index in [-0.39, 0.29) is 11.9 Å².